The maximum absolute atomic E-state index is 6.36. The van der Waals surface area contributed by atoms with Crippen molar-refractivity contribution in [3.8, 4) is 0 Å². The van der Waals surface area contributed by atoms with Gasteiger partial charge in [-0.2, -0.15) is 0 Å². The Labute approximate surface area is 104 Å². The van der Waals surface area contributed by atoms with Gasteiger partial charge in [-0.05, 0) is 24.6 Å². The van der Waals surface area contributed by atoms with Crippen LogP contribution in [0.4, 0.5) is 0 Å². The first-order chi connectivity index (χ1) is 7.74. The Morgan fingerprint density at radius 1 is 0.750 bits per heavy atom. The molecule has 2 heteroatoms. The van der Waals surface area contributed by atoms with Crippen LogP contribution >= 0.6 is 0 Å². The summed E-state index contributed by atoms with van der Waals surface area (Å²) in [5.74, 6) is 0. The van der Waals surface area contributed by atoms with E-state index in [0.717, 1.165) is 6.61 Å². The number of hydrogen-bond donors (Lipinski definition) is 0. The summed E-state index contributed by atoms with van der Waals surface area (Å²) in [5.41, 5.74) is 0. The zero-order valence-electron chi connectivity index (χ0n) is 12.0. The molecule has 0 aromatic heterocycles. The van der Waals surface area contributed by atoms with Crippen molar-refractivity contribution in [2.24, 2.45) is 0 Å². The lowest BCUT2D eigenvalue weighted by Crippen LogP contribution is -2.37. The maximum Gasteiger partial charge on any atom is 0.192 e. The van der Waals surface area contributed by atoms with Gasteiger partial charge in [-0.25, -0.2) is 0 Å². The molecule has 0 aliphatic heterocycles. The molecule has 0 fully saturated rings. The molecule has 0 atom stereocenters. The fraction of sp³-hybridized carbons (Fsp3) is 1.00. The highest BCUT2D eigenvalue weighted by Gasteiger charge is 2.31. The second-order valence-electron chi connectivity index (χ2n) is 4.95. The van der Waals surface area contributed by atoms with E-state index in [4.69, 9.17) is 4.43 Å². The summed E-state index contributed by atoms with van der Waals surface area (Å²) >= 11 is 0. The van der Waals surface area contributed by atoms with E-state index in [1.54, 1.807) is 0 Å². The third-order valence-corrected chi connectivity index (χ3v) is 8.16. The van der Waals surface area contributed by atoms with Crippen LogP contribution in [0.3, 0.4) is 0 Å². The van der Waals surface area contributed by atoms with E-state index < -0.39 is 8.32 Å². The van der Waals surface area contributed by atoms with Gasteiger partial charge < -0.3 is 4.43 Å². The molecule has 1 nitrogen and oxygen atoms in total. The molecule has 0 saturated heterocycles. The van der Waals surface area contributed by atoms with E-state index in [1.165, 1.54) is 56.7 Å². The van der Waals surface area contributed by atoms with Crippen LogP contribution in [0.2, 0.25) is 18.1 Å². The molecule has 0 aromatic rings. The van der Waals surface area contributed by atoms with Crippen LogP contribution in [-0.2, 0) is 4.43 Å². The van der Waals surface area contributed by atoms with Crippen LogP contribution in [0.5, 0.6) is 0 Å². The predicted octanol–water partition coefficient (Wildman–Crippen LogP) is 5.37. The van der Waals surface area contributed by atoms with Crippen molar-refractivity contribution in [3.05, 3.63) is 0 Å². The molecule has 0 unspecified atom stereocenters. The highest BCUT2D eigenvalue weighted by molar-refractivity contribution is 6.73. The fourth-order valence-corrected chi connectivity index (χ4v) is 6.18. The highest BCUT2D eigenvalue weighted by atomic mass is 28.4. The van der Waals surface area contributed by atoms with E-state index in [1.807, 2.05) is 0 Å². The normalized spacial score (nSPS) is 12.0. The largest absolute Gasteiger partial charge is 0.417 e. The van der Waals surface area contributed by atoms with Gasteiger partial charge in [0.2, 0.25) is 0 Å². The molecule has 0 radical (unpaired) electrons. The van der Waals surface area contributed by atoms with Gasteiger partial charge in [0.1, 0.15) is 0 Å². The second kappa shape index (κ2) is 10.3. The minimum absolute atomic E-state index is 1.02. The Balaban J connectivity index is 4.16. The minimum atomic E-state index is -1.35. The summed E-state index contributed by atoms with van der Waals surface area (Å²) in [6.45, 7) is 10.2. The standard InChI is InChI=1S/C14H32OSi/c1-5-9-12-15-16(8-4,13-10-6-2)14-11-7-3/h5-14H2,1-4H3. The van der Waals surface area contributed by atoms with Crippen molar-refractivity contribution in [1.82, 2.24) is 0 Å². The molecule has 0 rings (SSSR count). The Morgan fingerprint density at radius 2 is 1.25 bits per heavy atom. The lowest BCUT2D eigenvalue weighted by Gasteiger charge is -2.30. The fourth-order valence-electron chi connectivity index (χ4n) is 2.16. The first-order valence-corrected chi connectivity index (χ1v) is 9.91. The lowest BCUT2D eigenvalue weighted by atomic mass is 10.4. The van der Waals surface area contributed by atoms with Gasteiger partial charge in [0.25, 0.3) is 0 Å². The first-order valence-electron chi connectivity index (χ1n) is 7.38. The molecule has 98 valence electrons. The molecule has 0 bridgehead atoms. The van der Waals surface area contributed by atoms with Crippen LogP contribution in [0, 0.1) is 0 Å². The van der Waals surface area contributed by atoms with E-state index >= 15 is 0 Å². The van der Waals surface area contributed by atoms with Gasteiger partial charge in [-0.15, -0.1) is 0 Å². The van der Waals surface area contributed by atoms with Crippen molar-refractivity contribution < 1.29 is 4.43 Å². The molecular weight excluding hydrogens is 212 g/mol. The van der Waals surface area contributed by atoms with Gasteiger partial charge >= 0.3 is 0 Å². The lowest BCUT2D eigenvalue weighted by molar-refractivity contribution is 0.288. The summed E-state index contributed by atoms with van der Waals surface area (Å²) in [6.07, 6.45) is 7.88. The van der Waals surface area contributed by atoms with E-state index in [0.29, 0.717) is 0 Å². The summed E-state index contributed by atoms with van der Waals surface area (Å²) < 4.78 is 6.36. The van der Waals surface area contributed by atoms with Gasteiger partial charge in [-0.3, -0.25) is 0 Å². The van der Waals surface area contributed by atoms with Gasteiger partial charge in [0, 0.05) is 6.61 Å². The van der Waals surface area contributed by atoms with Crippen molar-refractivity contribution in [3.63, 3.8) is 0 Å². The predicted molar refractivity (Wildman–Crippen MR) is 76.5 cm³/mol. The Kier molecular flexibility index (Phi) is 10.5. The van der Waals surface area contributed by atoms with E-state index in [9.17, 15) is 0 Å². The average Bonchev–Trinajstić information content (AvgIpc) is 2.32. The Bertz CT molecular complexity index is 140. The van der Waals surface area contributed by atoms with Gasteiger partial charge in [-0.1, -0.05) is 59.8 Å². The number of hydrogen-bond acceptors (Lipinski definition) is 1. The summed E-state index contributed by atoms with van der Waals surface area (Å²) in [6, 6.07) is 4.10. The van der Waals surface area contributed by atoms with Crippen molar-refractivity contribution in [2.75, 3.05) is 6.61 Å². The third kappa shape index (κ3) is 6.69. The average molecular weight is 244 g/mol. The van der Waals surface area contributed by atoms with Gasteiger partial charge in [0.05, 0.1) is 0 Å². The monoisotopic (exact) mass is 244 g/mol. The smallest absolute Gasteiger partial charge is 0.192 e. The van der Waals surface area contributed by atoms with Crippen LogP contribution in [0.1, 0.15) is 66.2 Å². The zero-order chi connectivity index (χ0) is 12.3. The molecule has 0 aliphatic rings. The van der Waals surface area contributed by atoms with Crippen LogP contribution in [0.25, 0.3) is 0 Å². The molecule has 0 spiro atoms. The molecule has 0 saturated carbocycles. The van der Waals surface area contributed by atoms with Crippen molar-refractivity contribution in [2.45, 2.75) is 84.4 Å². The van der Waals surface area contributed by atoms with Crippen LogP contribution in [-0.4, -0.2) is 14.9 Å². The third-order valence-electron chi connectivity index (χ3n) is 3.52. The maximum atomic E-state index is 6.36. The number of unbranched alkanes of at least 4 members (excludes halogenated alkanes) is 3. The molecule has 0 N–H and O–H groups in total. The Morgan fingerprint density at radius 3 is 1.62 bits per heavy atom. The first kappa shape index (κ1) is 16.2. The molecule has 0 aromatic carbocycles. The quantitative estimate of drug-likeness (QED) is 0.351. The Hall–Kier alpha value is 0.177. The summed E-state index contributed by atoms with van der Waals surface area (Å²) in [7, 11) is -1.35. The minimum Gasteiger partial charge on any atom is -0.417 e. The molecule has 0 aliphatic carbocycles. The second-order valence-corrected chi connectivity index (χ2v) is 9.31. The van der Waals surface area contributed by atoms with Crippen molar-refractivity contribution >= 4 is 8.32 Å². The van der Waals surface area contributed by atoms with Gasteiger partial charge in [0.15, 0.2) is 8.32 Å². The molecular formula is C14H32OSi. The topological polar surface area (TPSA) is 9.23 Å². The van der Waals surface area contributed by atoms with E-state index in [-0.39, 0.29) is 0 Å². The van der Waals surface area contributed by atoms with Crippen molar-refractivity contribution in [1.29, 1.82) is 0 Å². The van der Waals surface area contributed by atoms with E-state index in [2.05, 4.69) is 27.7 Å². The van der Waals surface area contributed by atoms with Crippen LogP contribution < -0.4 is 0 Å². The molecule has 0 heterocycles. The highest BCUT2D eigenvalue weighted by Crippen LogP contribution is 2.27. The van der Waals surface area contributed by atoms with Crippen LogP contribution in [0.15, 0.2) is 0 Å². The zero-order valence-corrected chi connectivity index (χ0v) is 13.0. The number of rotatable bonds is 11. The summed E-state index contributed by atoms with van der Waals surface area (Å²) in [4.78, 5) is 0. The molecule has 0 amide bonds. The molecule has 16 heavy (non-hydrogen) atoms. The summed E-state index contributed by atoms with van der Waals surface area (Å²) in [5, 5.41) is 0. The SMILES string of the molecule is CCCCO[Si](CC)(CCCC)CCCC.